The van der Waals surface area contributed by atoms with Crippen LogP contribution in [0.3, 0.4) is 0 Å². The average molecular weight is 511 g/mol. The van der Waals surface area contributed by atoms with Crippen LogP contribution >= 0.6 is 15.9 Å². The molecule has 0 fully saturated rings. The number of carbonyl (C=O) groups is 2. The Morgan fingerprint density at radius 1 is 0.824 bits per heavy atom. The molecule has 4 nitrogen and oxygen atoms in total. The first-order valence-corrected chi connectivity index (χ1v) is 12.0. The van der Waals surface area contributed by atoms with Gasteiger partial charge in [-0.25, -0.2) is 0 Å². The van der Waals surface area contributed by atoms with Gasteiger partial charge in [-0.1, -0.05) is 107 Å². The van der Waals surface area contributed by atoms with Crippen LogP contribution in [0.25, 0.3) is 0 Å². The number of hydrogen-bond acceptors (Lipinski definition) is 2. The summed E-state index contributed by atoms with van der Waals surface area (Å²) in [6.45, 7) is -0.0408. The molecule has 34 heavy (non-hydrogen) atoms. The molecule has 0 saturated heterocycles. The highest BCUT2D eigenvalue weighted by atomic mass is 79.9. The van der Waals surface area contributed by atoms with Crippen molar-refractivity contribution in [2.45, 2.75) is 12.0 Å². The number of nitrogens with one attached hydrogen (secondary N) is 1. The van der Waals surface area contributed by atoms with Crippen molar-refractivity contribution in [2.75, 3.05) is 11.9 Å². The Labute approximate surface area is 207 Å². The van der Waals surface area contributed by atoms with Gasteiger partial charge >= 0.3 is 0 Å². The van der Waals surface area contributed by atoms with Gasteiger partial charge in [0.15, 0.2) is 0 Å². The van der Waals surface area contributed by atoms with E-state index in [-0.39, 0.29) is 18.4 Å². The van der Waals surface area contributed by atoms with Crippen LogP contribution in [0.1, 0.15) is 34.2 Å². The number of nitrogens with zero attached hydrogens (tertiary/aromatic N) is 1. The normalized spacial score (nSPS) is 15.4. The van der Waals surface area contributed by atoms with Crippen molar-refractivity contribution < 1.29 is 9.59 Å². The summed E-state index contributed by atoms with van der Waals surface area (Å²) in [7, 11) is 0. The molecule has 1 heterocycles. The topological polar surface area (TPSA) is 49.4 Å². The van der Waals surface area contributed by atoms with Gasteiger partial charge in [0, 0.05) is 15.7 Å². The molecule has 0 spiro atoms. The third-order valence-corrected chi connectivity index (χ3v) is 6.61. The fourth-order valence-corrected chi connectivity index (χ4v) is 4.99. The Kier molecular flexibility index (Phi) is 6.28. The van der Waals surface area contributed by atoms with Crippen LogP contribution in [0.4, 0.5) is 5.69 Å². The van der Waals surface area contributed by atoms with Crippen molar-refractivity contribution in [2.24, 2.45) is 0 Å². The van der Waals surface area contributed by atoms with Crippen LogP contribution in [0.2, 0.25) is 0 Å². The zero-order chi connectivity index (χ0) is 23.5. The zero-order valence-electron chi connectivity index (χ0n) is 18.4. The maximum absolute atomic E-state index is 14.4. The summed E-state index contributed by atoms with van der Waals surface area (Å²) in [5.74, 6) is -0.862. The third kappa shape index (κ3) is 4.39. The monoisotopic (exact) mass is 510 g/mol. The van der Waals surface area contributed by atoms with E-state index in [1.165, 1.54) is 0 Å². The molecule has 1 unspecified atom stereocenters. The van der Waals surface area contributed by atoms with Gasteiger partial charge in [-0.2, -0.15) is 0 Å². The van der Waals surface area contributed by atoms with Gasteiger partial charge < -0.3 is 10.2 Å². The predicted octanol–water partition coefficient (Wildman–Crippen LogP) is 6.15. The zero-order valence-corrected chi connectivity index (χ0v) is 20.0. The minimum atomic E-state index is -0.532. The van der Waals surface area contributed by atoms with E-state index < -0.39 is 12.0 Å². The Hall–Kier alpha value is -3.70. The number of rotatable bonds is 4. The maximum atomic E-state index is 14.4. The quantitative estimate of drug-likeness (QED) is 0.357. The van der Waals surface area contributed by atoms with Crippen molar-refractivity contribution in [1.82, 2.24) is 4.90 Å². The molecular weight excluding hydrogens is 488 g/mol. The van der Waals surface area contributed by atoms with E-state index in [2.05, 4.69) is 21.2 Å². The fraction of sp³-hybridized carbons (Fsp3) is 0.103. The first-order valence-electron chi connectivity index (χ1n) is 11.2. The van der Waals surface area contributed by atoms with Crippen molar-refractivity contribution in [1.29, 1.82) is 0 Å². The van der Waals surface area contributed by atoms with E-state index in [4.69, 9.17) is 0 Å². The minimum Gasteiger partial charge on any atom is -0.324 e. The van der Waals surface area contributed by atoms with E-state index >= 15 is 0 Å². The fourth-order valence-electron chi connectivity index (χ4n) is 4.61. The van der Waals surface area contributed by atoms with Crippen LogP contribution in [-0.4, -0.2) is 23.3 Å². The lowest BCUT2D eigenvalue weighted by Crippen LogP contribution is -2.41. The summed E-state index contributed by atoms with van der Waals surface area (Å²) in [6.07, 6.45) is 0. The lowest BCUT2D eigenvalue weighted by Gasteiger charge is -2.34. The number of anilines is 1. The van der Waals surface area contributed by atoms with Crippen LogP contribution in [0.15, 0.2) is 114 Å². The van der Waals surface area contributed by atoms with Crippen molar-refractivity contribution in [3.05, 3.63) is 136 Å². The molecule has 2 amide bonds. The Balaban J connectivity index is 1.69. The number of halogens is 1. The maximum Gasteiger partial charge on any atom is 0.244 e. The first kappa shape index (κ1) is 22.1. The second-order valence-electron chi connectivity index (χ2n) is 8.31. The van der Waals surface area contributed by atoms with Crippen molar-refractivity contribution >= 4 is 33.4 Å². The lowest BCUT2D eigenvalue weighted by atomic mass is 9.88. The Morgan fingerprint density at radius 2 is 1.38 bits per heavy atom. The van der Waals surface area contributed by atoms with E-state index in [1.54, 1.807) is 4.90 Å². The van der Waals surface area contributed by atoms with Gasteiger partial charge in [0.1, 0.15) is 6.54 Å². The molecule has 0 aromatic heterocycles. The summed E-state index contributed by atoms with van der Waals surface area (Å²) in [5, 5.41) is 3.00. The highest BCUT2D eigenvalue weighted by Crippen LogP contribution is 2.39. The van der Waals surface area contributed by atoms with Gasteiger partial charge in [-0.15, -0.1) is 0 Å². The second-order valence-corrected chi connectivity index (χ2v) is 9.23. The first-order chi connectivity index (χ1) is 16.6. The molecule has 1 aliphatic rings. The second kappa shape index (κ2) is 9.65. The number of hydrogen-bond donors (Lipinski definition) is 1. The van der Waals surface area contributed by atoms with Crippen LogP contribution in [-0.2, 0) is 9.59 Å². The van der Waals surface area contributed by atoms with Gasteiger partial charge in [0.2, 0.25) is 11.8 Å². The van der Waals surface area contributed by atoms with Gasteiger partial charge in [0.05, 0.1) is 12.0 Å². The lowest BCUT2D eigenvalue weighted by molar-refractivity contribution is -0.136. The number of benzene rings is 4. The van der Waals surface area contributed by atoms with E-state index in [0.717, 1.165) is 26.7 Å². The number of fused-ring (bicyclic) bond motifs is 1. The molecule has 168 valence electrons. The molecule has 5 heteroatoms. The number of amides is 2. The van der Waals surface area contributed by atoms with Crippen LogP contribution in [0.5, 0.6) is 0 Å². The van der Waals surface area contributed by atoms with Gasteiger partial charge in [0.25, 0.3) is 0 Å². The SMILES string of the molecule is O=C1CN(C(=O)C(c2ccccc2)c2ccccc2)C(c2ccccc2)c2cc(Br)ccc2N1. The summed E-state index contributed by atoms with van der Waals surface area (Å²) in [6, 6.07) is 34.7. The molecule has 5 rings (SSSR count). The van der Waals surface area contributed by atoms with E-state index in [1.807, 2.05) is 109 Å². The molecule has 1 N–H and O–H groups in total. The van der Waals surface area contributed by atoms with E-state index in [9.17, 15) is 9.59 Å². The van der Waals surface area contributed by atoms with Crippen molar-refractivity contribution in [3.8, 4) is 0 Å². The highest BCUT2D eigenvalue weighted by Gasteiger charge is 2.37. The molecule has 0 saturated carbocycles. The largest absolute Gasteiger partial charge is 0.324 e. The molecule has 0 radical (unpaired) electrons. The molecule has 1 aliphatic heterocycles. The van der Waals surface area contributed by atoms with Crippen LogP contribution in [0, 0.1) is 0 Å². The third-order valence-electron chi connectivity index (χ3n) is 6.12. The van der Waals surface area contributed by atoms with E-state index in [0.29, 0.717) is 5.69 Å². The van der Waals surface area contributed by atoms with Gasteiger partial charge in [-0.05, 0) is 34.9 Å². The predicted molar refractivity (Wildman–Crippen MR) is 137 cm³/mol. The smallest absolute Gasteiger partial charge is 0.244 e. The highest BCUT2D eigenvalue weighted by molar-refractivity contribution is 9.10. The average Bonchev–Trinajstić information content (AvgIpc) is 3.01. The standard InChI is InChI=1S/C29H23BrN2O2/c30-23-16-17-25-24(18-23)28(22-14-8-3-9-15-22)32(19-26(33)31-25)29(34)27(20-10-4-1-5-11-20)21-12-6-2-7-13-21/h1-18,27-28H,19H2,(H,31,33). The molecule has 0 aliphatic carbocycles. The molecule has 1 atom stereocenters. The molecule has 0 bridgehead atoms. The summed E-state index contributed by atoms with van der Waals surface area (Å²) < 4.78 is 0.887. The molecular formula is C29H23BrN2O2. The van der Waals surface area contributed by atoms with Crippen molar-refractivity contribution in [3.63, 3.8) is 0 Å². The number of carbonyl (C=O) groups excluding carboxylic acids is 2. The summed E-state index contributed by atoms with van der Waals surface area (Å²) in [5.41, 5.74) is 4.33. The molecule has 4 aromatic carbocycles. The molecule has 4 aromatic rings. The summed E-state index contributed by atoms with van der Waals surface area (Å²) >= 11 is 3.57. The Morgan fingerprint density at radius 3 is 1.97 bits per heavy atom. The summed E-state index contributed by atoms with van der Waals surface area (Å²) in [4.78, 5) is 29.1. The Bertz CT molecular complexity index is 1270. The van der Waals surface area contributed by atoms with Crippen LogP contribution < -0.4 is 5.32 Å². The van der Waals surface area contributed by atoms with Gasteiger partial charge in [-0.3, -0.25) is 9.59 Å². The minimum absolute atomic E-state index is 0.0408.